The van der Waals surface area contributed by atoms with Crippen LogP contribution in [0.15, 0.2) is 23.4 Å². The predicted molar refractivity (Wildman–Crippen MR) is 53.3 cm³/mol. The average Bonchev–Trinajstić information content (AvgIpc) is 2.10. The number of halogens is 1. The highest BCUT2D eigenvalue weighted by atomic mass is 32.1. The minimum Gasteiger partial charge on any atom is -0.411 e. The van der Waals surface area contributed by atoms with Crippen molar-refractivity contribution >= 4 is 18.8 Å². The molecule has 0 bridgehead atoms. The van der Waals surface area contributed by atoms with Crippen LogP contribution in [-0.2, 0) is 6.42 Å². The summed E-state index contributed by atoms with van der Waals surface area (Å²) in [6, 6.07) is 4.33. The summed E-state index contributed by atoms with van der Waals surface area (Å²) in [6.45, 7) is 0. The van der Waals surface area contributed by atoms with Crippen molar-refractivity contribution < 1.29 is 9.60 Å². The molecule has 13 heavy (non-hydrogen) atoms. The summed E-state index contributed by atoms with van der Waals surface area (Å²) in [5.74, 6) is 0.349. The minimum absolute atomic E-state index is 0.285. The van der Waals surface area contributed by atoms with E-state index >= 15 is 0 Å². The molecule has 0 saturated carbocycles. The second-order valence-corrected chi connectivity index (χ2v) is 3.01. The first-order chi connectivity index (χ1) is 6.27. The molecule has 4 heteroatoms. The van der Waals surface area contributed by atoms with Gasteiger partial charge >= 0.3 is 0 Å². The third kappa shape index (κ3) is 2.73. The Kier molecular flexibility index (Phi) is 3.76. The minimum atomic E-state index is -0.285. The number of oxime groups is 1. The van der Waals surface area contributed by atoms with Crippen LogP contribution in [0.4, 0.5) is 4.39 Å². The van der Waals surface area contributed by atoms with E-state index < -0.39 is 0 Å². The smallest absolute Gasteiger partial charge is 0.123 e. The summed E-state index contributed by atoms with van der Waals surface area (Å²) in [4.78, 5) is 0. The van der Waals surface area contributed by atoms with Gasteiger partial charge in [0.2, 0.25) is 0 Å². The van der Waals surface area contributed by atoms with Gasteiger partial charge in [0.05, 0.1) is 6.21 Å². The maximum Gasteiger partial charge on any atom is 0.123 e. The first-order valence-corrected chi connectivity index (χ1v) is 4.48. The average molecular weight is 199 g/mol. The fraction of sp³-hybridized carbons (Fsp3) is 0.222. The molecule has 0 atom stereocenters. The van der Waals surface area contributed by atoms with Gasteiger partial charge in [-0.25, -0.2) is 4.39 Å². The van der Waals surface area contributed by atoms with Crippen LogP contribution in [0.2, 0.25) is 0 Å². The number of hydrogen-bond donors (Lipinski definition) is 2. The van der Waals surface area contributed by atoms with Crippen LogP contribution >= 0.6 is 12.6 Å². The lowest BCUT2D eigenvalue weighted by Gasteiger charge is -2.02. The molecule has 0 unspecified atom stereocenters. The van der Waals surface area contributed by atoms with E-state index in [-0.39, 0.29) is 5.82 Å². The normalized spacial score (nSPS) is 10.9. The van der Waals surface area contributed by atoms with Gasteiger partial charge in [-0.15, -0.1) is 0 Å². The van der Waals surface area contributed by atoms with Crippen molar-refractivity contribution in [2.45, 2.75) is 6.42 Å². The van der Waals surface area contributed by atoms with Crippen molar-refractivity contribution in [1.82, 2.24) is 0 Å². The molecule has 0 amide bonds. The van der Waals surface area contributed by atoms with Crippen molar-refractivity contribution in [2.75, 3.05) is 5.75 Å². The van der Waals surface area contributed by atoms with Gasteiger partial charge in [-0.05, 0) is 35.4 Å². The summed E-state index contributed by atoms with van der Waals surface area (Å²) in [5.41, 5.74) is 1.52. The Morgan fingerprint density at radius 1 is 1.54 bits per heavy atom. The van der Waals surface area contributed by atoms with Gasteiger partial charge in [-0.3, -0.25) is 0 Å². The zero-order valence-electron chi connectivity index (χ0n) is 6.94. The third-order valence-corrected chi connectivity index (χ3v) is 1.91. The summed E-state index contributed by atoms with van der Waals surface area (Å²) in [7, 11) is 0. The van der Waals surface area contributed by atoms with Crippen LogP contribution in [0.25, 0.3) is 0 Å². The third-order valence-electron chi connectivity index (χ3n) is 1.68. The fourth-order valence-electron chi connectivity index (χ4n) is 1.10. The lowest BCUT2D eigenvalue weighted by molar-refractivity contribution is 0.322. The summed E-state index contributed by atoms with van der Waals surface area (Å²) < 4.78 is 12.8. The fourth-order valence-corrected chi connectivity index (χ4v) is 1.34. The standard InChI is InChI=1S/C9H10FNOS/c10-9-2-1-8(6-11-12)7(5-9)3-4-13/h1-2,5-6,12-13H,3-4H2/b11-6-. The van der Waals surface area contributed by atoms with E-state index in [2.05, 4.69) is 17.8 Å². The van der Waals surface area contributed by atoms with Crippen molar-refractivity contribution in [2.24, 2.45) is 5.16 Å². The number of nitrogens with zero attached hydrogens (tertiary/aromatic N) is 1. The second kappa shape index (κ2) is 4.87. The molecule has 0 radical (unpaired) electrons. The Hall–Kier alpha value is -1.03. The molecule has 1 aromatic carbocycles. The summed E-state index contributed by atoms with van der Waals surface area (Å²) in [6.07, 6.45) is 1.94. The van der Waals surface area contributed by atoms with Gasteiger partial charge < -0.3 is 5.21 Å². The second-order valence-electron chi connectivity index (χ2n) is 2.56. The first kappa shape index (κ1) is 10.1. The number of benzene rings is 1. The van der Waals surface area contributed by atoms with E-state index in [1.54, 1.807) is 6.07 Å². The Morgan fingerprint density at radius 3 is 2.92 bits per heavy atom. The molecule has 2 nitrogen and oxygen atoms in total. The van der Waals surface area contributed by atoms with Crippen LogP contribution in [0, 0.1) is 5.82 Å². The molecule has 70 valence electrons. The maximum absolute atomic E-state index is 12.8. The van der Waals surface area contributed by atoms with Crippen molar-refractivity contribution in [1.29, 1.82) is 0 Å². The highest BCUT2D eigenvalue weighted by Gasteiger charge is 2.01. The first-order valence-electron chi connectivity index (χ1n) is 3.84. The topological polar surface area (TPSA) is 32.6 Å². The zero-order valence-corrected chi connectivity index (χ0v) is 7.84. The molecule has 0 aliphatic heterocycles. The number of aryl methyl sites for hydroxylation is 1. The molecule has 0 fully saturated rings. The predicted octanol–water partition coefficient (Wildman–Crippen LogP) is 2.11. The van der Waals surface area contributed by atoms with Gasteiger partial charge in [0.25, 0.3) is 0 Å². The molecule has 1 aromatic rings. The molecule has 0 heterocycles. The molecule has 0 spiro atoms. The van der Waals surface area contributed by atoms with Gasteiger partial charge in [0.1, 0.15) is 5.82 Å². The van der Waals surface area contributed by atoms with E-state index in [0.717, 1.165) is 11.1 Å². The summed E-state index contributed by atoms with van der Waals surface area (Å²) >= 11 is 4.05. The lowest BCUT2D eigenvalue weighted by Crippen LogP contribution is -1.95. The van der Waals surface area contributed by atoms with Crippen LogP contribution in [0.5, 0.6) is 0 Å². The van der Waals surface area contributed by atoms with Crippen LogP contribution in [0.1, 0.15) is 11.1 Å². The molecule has 0 saturated heterocycles. The van der Waals surface area contributed by atoms with E-state index in [0.29, 0.717) is 12.2 Å². The van der Waals surface area contributed by atoms with Crippen LogP contribution < -0.4 is 0 Å². The monoisotopic (exact) mass is 199 g/mol. The Bertz CT molecular complexity index is 314. The van der Waals surface area contributed by atoms with E-state index in [4.69, 9.17) is 5.21 Å². The quantitative estimate of drug-likeness (QED) is 0.332. The molecule has 0 aliphatic rings. The van der Waals surface area contributed by atoms with Crippen molar-refractivity contribution in [3.63, 3.8) is 0 Å². The highest BCUT2D eigenvalue weighted by Crippen LogP contribution is 2.10. The Morgan fingerprint density at radius 2 is 2.31 bits per heavy atom. The van der Waals surface area contributed by atoms with Crippen molar-refractivity contribution in [3.05, 3.63) is 35.1 Å². The van der Waals surface area contributed by atoms with Gasteiger partial charge in [0, 0.05) is 0 Å². The van der Waals surface area contributed by atoms with Gasteiger partial charge in [0.15, 0.2) is 0 Å². The van der Waals surface area contributed by atoms with Crippen molar-refractivity contribution in [3.8, 4) is 0 Å². The molecule has 0 aromatic heterocycles. The zero-order chi connectivity index (χ0) is 9.68. The van der Waals surface area contributed by atoms with Crippen LogP contribution in [0.3, 0.4) is 0 Å². The van der Waals surface area contributed by atoms with E-state index in [1.807, 2.05) is 0 Å². The molecular formula is C9H10FNOS. The summed E-state index contributed by atoms with van der Waals surface area (Å²) in [5, 5.41) is 11.2. The largest absolute Gasteiger partial charge is 0.411 e. The van der Waals surface area contributed by atoms with E-state index in [9.17, 15) is 4.39 Å². The van der Waals surface area contributed by atoms with Gasteiger partial charge in [-0.1, -0.05) is 11.2 Å². The molecular weight excluding hydrogens is 189 g/mol. The molecule has 1 rings (SSSR count). The number of rotatable bonds is 3. The van der Waals surface area contributed by atoms with E-state index in [1.165, 1.54) is 18.3 Å². The SMILES string of the molecule is O/N=C\c1ccc(F)cc1CCS. The van der Waals surface area contributed by atoms with Crippen LogP contribution in [-0.4, -0.2) is 17.2 Å². The highest BCUT2D eigenvalue weighted by molar-refractivity contribution is 7.80. The van der Waals surface area contributed by atoms with Gasteiger partial charge in [-0.2, -0.15) is 12.6 Å². The maximum atomic E-state index is 12.8. The number of thiol groups is 1. The molecule has 0 aliphatic carbocycles. The lowest BCUT2D eigenvalue weighted by atomic mass is 10.1. The Balaban J connectivity index is 3.02. The number of hydrogen-bond acceptors (Lipinski definition) is 3. The Labute approximate surface area is 81.5 Å². The molecule has 1 N–H and O–H groups in total.